The second-order valence-corrected chi connectivity index (χ2v) is 3.29. The van der Waals surface area contributed by atoms with Crippen molar-refractivity contribution in [2.24, 2.45) is 0 Å². The molecule has 0 saturated heterocycles. The highest BCUT2D eigenvalue weighted by molar-refractivity contribution is 5.30. The number of hydrogen-bond donors (Lipinski definition) is 2. The van der Waals surface area contributed by atoms with Gasteiger partial charge in [-0.1, -0.05) is 6.07 Å². The molecule has 0 spiro atoms. The molecule has 0 heterocycles. The summed E-state index contributed by atoms with van der Waals surface area (Å²) in [4.78, 5) is 0. The summed E-state index contributed by atoms with van der Waals surface area (Å²) in [5, 5.41) is 17.7. The van der Waals surface area contributed by atoms with Crippen molar-refractivity contribution in [1.82, 2.24) is 0 Å². The minimum atomic E-state index is -0.689. The third-order valence-electron chi connectivity index (χ3n) is 2.00. The Labute approximate surface area is 88.1 Å². The van der Waals surface area contributed by atoms with Gasteiger partial charge in [-0.25, -0.2) is 4.39 Å². The maximum absolute atomic E-state index is 13.3. The molecule has 3 nitrogen and oxygen atoms in total. The minimum Gasteiger partial charge on any atom is -0.490 e. The van der Waals surface area contributed by atoms with Crippen LogP contribution in [0.1, 0.15) is 25.0 Å². The van der Waals surface area contributed by atoms with Gasteiger partial charge in [-0.15, -0.1) is 0 Å². The van der Waals surface area contributed by atoms with Gasteiger partial charge in [-0.05, 0) is 24.6 Å². The lowest BCUT2D eigenvalue weighted by atomic mass is 10.1. The van der Waals surface area contributed by atoms with E-state index in [0.29, 0.717) is 12.0 Å². The van der Waals surface area contributed by atoms with Gasteiger partial charge in [-0.2, -0.15) is 0 Å². The first kappa shape index (κ1) is 11.9. The zero-order valence-corrected chi connectivity index (χ0v) is 8.61. The Balaban J connectivity index is 2.66. The van der Waals surface area contributed by atoms with E-state index in [4.69, 9.17) is 9.84 Å². The highest BCUT2D eigenvalue weighted by atomic mass is 19.1. The number of aliphatic hydroxyl groups excluding tert-OH is 2. The first-order chi connectivity index (χ1) is 7.15. The zero-order valence-electron chi connectivity index (χ0n) is 8.61. The zero-order chi connectivity index (χ0) is 11.3. The van der Waals surface area contributed by atoms with Crippen LogP contribution in [0.15, 0.2) is 18.2 Å². The van der Waals surface area contributed by atoms with Gasteiger partial charge in [-0.3, -0.25) is 0 Å². The van der Waals surface area contributed by atoms with Crippen LogP contribution in [0.25, 0.3) is 0 Å². The molecule has 0 amide bonds. The number of ether oxygens (including phenoxy) is 1. The van der Waals surface area contributed by atoms with Crippen LogP contribution in [-0.4, -0.2) is 23.4 Å². The maximum atomic E-state index is 13.3. The van der Waals surface area contributed by atoms with Crippen molar-refractivity contribution in [2.45, 2.75) is 19.4 Å². The van der Waals surface area contributed by atoms with Crippen LogP contribution in [0.2, 0.25) is 0 Å². The van der Waals surface area contributed by atoms with E-state index in [1.54, 1.807) is 13.0 Å². The van der Waals surface area contributed by atoms with Gasteiger partial charge in [0.1, 0.15) is 0 Å². The first-order valence-electron chi connectivity index (χ1n) is 4.86. The van der Waals surface area contributed by atoms with E-state index in [1.807, 2.05) is 0 Å². The molecule has 0 saturated carbocycles. The number of benzene rings is 1. The Morgan fingerprint density at radius 3 is 2.73 bits per heavy atom. The fourth-order valence-electron chi connectivity index (χ4n) is 1.14. The van der Waals surface area contributed by atoms with Crippen LogP contribution in [0, 0.1) is 5.82 Å². The van der Waals surface area contributed by atoms with Crippen LogP contribution in [0.5, 0.6) is 5.75 Å². The van der Waals surface area contributed by atoms with E-state index in [0.717, 1.165) is 0 Å². The van der Waals surface area contributed by atoms with E-state index < -0.39 is 11.9 Å². The van der Waals surface area contributed by atoms with Gasteiger partial charge >= 0.3 is 0 Å². The van der Waals surface area contributed by atoms with Crippen molar-refractivity contribution >= 4 is 0 Å². The standard InChI is InChI=1S/C11H15FO3/c1-8(14)9-3-4-11(10(12)7-9)15-6-2-5-13/h3-4,7-8,13-14H,2,5-6H2,1H3. The van der Waals surface area contributed by atoms with Crippen molar-refractivity contribution in [3.8, 4) is 5.75 Å². The van der Waals surface area contributed by atoms with E-state index >= 15 is 0 Å². The summed E-state index contributed by atoms with van der Waals surface area (Å²) in [6.07, 6.45) is -0.219. The SMILES string of the molecule is CC(O)c1ccc(OCCCO)c(F)c1. The molecular formula is C11H15FO3. The predicted molar refractivity (Wildman–Crippen MR) is 54.2 cm³/mol. The Hall–Kier alpha value is -1.13. The van der Waals surface area contributed by atoms with Crippen LogP contribution >= 0.6 is 0 Å². The van der Waals surface area contributed by atoms with Gasteiger partial charge in [0.05, 0.1) is 12.7 Å². The largest absolute Gasteiger partial charge is 0.490 e. The minimum absolute atomic E-state index is 0.0212. The summed E-state index contributed by atoms with van der Waals surface area (Å²) >= 11 is 0. The Morgan fingerprint density at radius 1 is 1.47 bits per heavy atom. The van der Waals surface area contributed by atoms with Crippen LogP contribution in [-0.2, 0) is 0 Å². The Morgan fingerprint density at radius 2 is 2.20 bits per heavy atom. The maximum Gasteiger partial charge on any atom is 0.165 e. The molecule has 15 heavy (non-hydrogen) atoms. The average molecular weight is 214 g/mol. The molecule has 0 fully saturated rings. The summed E-state index contributed by atoms with van der Waals surface area (Å²) in [5.41, 5.74) is 0.516. The lowest BCUT2D eigenvalue weighted by Gasteiger charge is -2.09. The smallest absolute Gasteiger partial charge is 0.165 e. The quantitative estimate of drug-likeness (QED) is 0.732. The summed E-state index contributed by atoms with van der Waals surface area (Å²) in [6.45, 7) is 1.87. The van der Waals surface area contributed by atoms with Crippen LogP contribution in [0.4, 0.5) is 4.39 Å². The number of aliphatic hydroxyl groups is 2. The predicted octanol–water partition coefficient (Wildman–Crippen LogP) is 1.64. The second kappa shape index (κ2) is 5.68. The molecule has 84 valence electrons. The van der Waals surface area contributed by atoms with Crippen molar-refractivity contribution in [2.75, 3.05) is 13.2 Å². The summed E-state index contributed by atoms with van der Waals surface area (Å²) in [6, 6.07) is 4.34. The molecule has 0 bridgehead atoms. The molecule has 0 radical (unpaired) electrons. The molecule has 0 aliphatic rings. The lowest BCUT2D eigenvalue weighted by molar-refractivity contribution is 0.198. The Kier molecular flexibility index (Phi) is 4.52. The number of hydrogen-bond acceptors (Lipinski definition) is 3. The third kappa shape index (κ3) is 3.49. The lowest BCUT2D eigenvalue weighted by Crippen LogP contribution is -2.02. The van der Waals surface area contributed by atoms with Gasteiger partial charge in [0, 0.05) is 13.0 Å². The van der Waals surface area contributed by atoms with Crippen LogP contribution in [0.3, 0.4) is 0 Å². The number of halogens is 1. The molecule has 4 heteroatoms. The topological polar surface area (TPSA) is 49.7 Å². The highest BCUT2D eigenvalue weighted by Gasteiger charge is 2.07. The highest BCUT2D eigenvalue weighted by Crippen LogP contribution is 2.21. The average Bonchev–Trinajstić information content (AvgIpc) is 2.20. The molecule has 1 aromatic rings. The van der Waals surface area contributed by atoms with Gasteiger partial charge in [0.15, 0.2) is 11.6 Å². The molecule has 1 unspecified atom stereocenters. The van der Waals surface area contributed by atoms with E-state index in [1.165, 1.54) is 12.1 Å². The summed E-state index contributed by atoms with van der Waals surface area (Å²) in [5.74, 6) is -0.348. The van der Waals surface area contributed by atoms with Gasteiger partial charge < -0.3 is 14.9 Å². The second-order valence-electron chi connectivity index (χ2n) is 3.29. The van der Waals surface area contributed by atoms with Crippen molar-refractivity contribution in [3.05, 3.63) is 29.6 Å². The molecule has 0 aliphatic carbocycles. The monoisotopic (exact) mass is 214 g/mol. The van der Waals surface area contributed by atoms with Crippen molar-refractivity contribution in [1.29, 1.82) is 0 Å². The molecule has 0 aliphatic heterocycles. The van der Waals surface area contributed by atoms with Crippen molar-refractivity contribution in [3.63, 3.8) is 0 Å². The summed E-state index contributed by atoms with van der Waals surface area (Å²) in [7, 11) is 0. The molecular weight excluding hydrogens is 199 g/mol. The molecule has 1 aromatic carbocycles. The first-order valence-corrected chi connectivity index (χ1v) is 4.86. The van der Waals surface area contributed by atoms with Gasteiger partial charge in [0.25, 0.3) is 0 Å². The van der Waals surface area contributed by atoms with Crippen LogP contribution < -0.4 is 4.74 Å². The van der Waals surface area contributed by atoms with E-state index in [9.17, 15) is 9.50 Å². The molecule has 1 atom stereocenters. The number of rotatable bonds is 5. The molecule has 0 aromatic heterocycles. The van der Waals surface area contributed by atoms with Gasteiger partial charge in [0.2, 0.25) is 0 Å². The fraction of sp³-hybridized carbons (Fsp3) is 0.455. The van der Waals surface area contributed by atoms with E-state index in [2.05, 4.69) is 0 Å². The fourth-order valence-corrected chi connectivity index (χ4v) is 1.14. The van der Waals surface area contributed by atoms with Crippen molar-refractivity contribution < 1.29 is 19.3 Å². The normalized spacial score (nSPS) is 12.5. The molecule has 1 rings (SSSR count). The third-order valence-corrected chi connectivity index (χ3v) is 2.00. The molecule has 2 N–H and O–H groups in total. The van der Waals surface area contributed by atoms with E-state index in [-0.39, 0.29) is 19.0 Å². The summed E-state index contributed by atoms with van der Waals surface area (Å²) < 4.78 is 18.4. The Bertz CT molecular complexity index is 313.